The molecule has 0 aliphatic carbocycles. The Kier molecular flexibility index (Phi) is 5.31. The second-order valence-electron chi connectivity index (χ2n) is 5.13. The molecule has 0 heterocycles. The SMILES string of the molecule is CCCc1ccc(C(Cc2ccccc2F)NC)cc1. The molecule has 0 amide bonds. The van der Waals surface area contributed by atoms with E-state index in [0.717, 1.165) is 18.4 Å². The van der Waals surface area contributed by atoms with Crippen LogP contribution in [0.1, 0.15) is 36.1 Å². The van der Waals surface area contributed by atoms with E-state index in [0.29, 0.717) is 6.42 Å². The van der Waals surface area contributed by atoms with Crippen LogP contribution in [-0.4, -0.2) is 7.05 Å². The van der Waals surface area contributed by atoms with Crippen LogP contribution in [0.15, 0.2) is 48.5 Å². The first-order valence-electron chi connectivity index (χ1n) is 7.24. The van der Waals surface area contributed by atoms with Crippen molar-refractivity contribution in [2.24, 2.45) is 0 Å². The zero-order valence-corrected chi connectivity index (χ0v) is 12.2. The fourth-order valence-electron chi connectivity index (χ4n) is 2.48. The van der Waals surface area contributed by atoms with Crippen molar-refractivity contribution in [2.45, 2.75) is 32.2 Å². The lowest BCUT2D eigenvalue weighted by Gasteiger charge is -2.17. The summed E-state index contributed by atoms with van der Waals surface area (Å²) in [6, 6.07) is 15.8. The van der Waals surface area contributed by atoms with Gasteiger partial charge in [-0.3, -0.25) is 0 Å². The lowest BCUT2D eigenvalue weighted by Crippen LogP contribution is -2.19. The first-order valence-corrected chi connectivity index (χ1v) is 7.24. The molecule has 0 bridgehead atoms. The van der Waals surface area contributed by atoms with Crippen molar-refractivity contribution >= 4 is 0 Å². The number of aryl methyl sites for hydroxylation is 1. The average molecular weight is 271 g/mol. The minimum atomic E-state index is -0.129. The van der Waals surface area contributed by atoms with E-state index in [9.17, 15) is 4.39 Å². The van der Waals surface area contributed by atoms with E-state index in [1.54, 1.807) is 6.07 Å². The summed E-state index contributed by atoms with van der Waals surface area (Å²) in [7, 11) is 1.92. The highest BCUT2D eigenvalue weighted by atomic mass is 19.1. The lowest BCUT2D eigenvalue weighted by atomic mass is 9.97. The smallest absolute Gasteiger partial charge is 0.126 e. The molecule has 1 unspecified atom stereocenters. The van der Waals surface area contributed by atoms with Gasteiger partial charge in [-0.25, -0.2) is 4.39 Å². The third-order valence-corrected chi connectivity index (χ3v) is 3.65. The van der Waals surface area contributed by atoms with Gasteiger partial charge in [0.15, 0.2) is 0 Å². The molecule has 2 aromatic rings. The summed E-state index contributed by atoms with van der Waals surface area (Å²) in [6.07, 6.45) is 2.93. The van der Waals surface area contributed by atoms with Crippen LogP contribution in [0.2, 0.25) is 0 Å². The van der Waals surface area contributed by atoms with Crippen molar-refractivity contribution in [3.63, 3.8) is 0 Å². The molecule has 1 nitrogen and oxygen atoms in total. The number of hydrogen-bond acceptors (Lipinski definition) is 1. The van der Waals surface area contributed by atoms with Gasteiger partial charge < -0.3 is 5.32 Å². The molecule has 0 fully saturated rings. The molecule has 1 atom stereocenters. The minimum Gasteiger partial charge on any atom is -0.313 e. The maximum absolute atomic E-state index is 13.7. The van der Waals surface area contributed by atoms with Gasteiger partial charge in [0.25, 0.3) is 0 Å². The summed E-state index contributed by atoms with van der Waals surface area (Å²) in [5.41, 5.74) is 3.32. The third kappa shape index (κ3) is 3.67. The standard InChI is InChI=1S/C18H22FN/c1-3-6-14-9-11-15(12-10-14)18(20-2)13-16-7-4-5-8-17(16)19/h4-5,7-12,18,20H,3,6,13H2,1-2H3. The molecule has 0 spiro atoms. The fourth-order valence-corrected chi connectivity index (χ4v) is 2.48. The highest BCUT2D eigenvalue weighted by Crippen LogP contribution is 2.20. The quantitative estimate of drug-likeness (QED) is 0.827. The van der Waals surface area contributed by atoms with E-state index in [1.807, 2.05) is 19.2 Å². The first kappa shape index (κ1) is 14.7. The molecule has 2 heteroatoms. The molecule has 0 aliphatic heterocycles. The highest BCUT2D eigenvalue weighted by molar-refractivity contribution is 5.28. The van der Waals surface area contributed by atoms with Crippen LogP contribution in [0.3, 0.4) is 0 Å². The predicted octanol–water partition coefficient (Wildman–Crippen LogP) is 4.28. The van der Waals surface area contributed by atoms with Gasteiger partial charge >= 0.3 is 0 Å². The van der Waals surface area contributed by atoms with Gasteiger partial charge in [0.05, 0.1) is 0 Å². The van der Waals surface area contributed by atoms with Crippen molar-refractivity contribution in [2.75, 3.05) is 7.05 Å². The predicted molar refractivity (Wildman–Crippen MR) is 82.3 cm³/mol. The zero-order valence-electron chi connectivity index (χ0n) is 12.2. The molecule has 106 valence electrons. The Morgan fingerprint density at radius 1 is 1.05 bits per heavy atom. The van der Waals surface area contributed by atoms with Gasteiger partial charge in [0.2, 0.25) is 0 Å². The topological polar surface area (TPSA) is 12.0 Å². The van der Waals surface area contributed by atoms with Crippen LogP contribution < -0.4 is 5.32 Å². The van der Waals surface area contributed by atoms with E-state index in [4.69, 9.17) is 0 Å². The van der Waals surface area contributed by atoms with E-state index in [-0.39, 0.29) is 11.9 Å². The zero-order chi connectivity index (χ0) is 14.4. The van der Waals surface area contributed by atoms with E-state index < -0.39 is 0 Å². The second kappa shape index (κ2) is 7.20. The third-order valence-electron chi connectivity index (χ3n) is 3.65. The lowest BCUT2D eigenvalue weighted by molar-refractivity contribution is 0.554. The van der Waals surface area contributed by atoms with Gasteiger partial charge in [0.1, 0.15) is 5.82 Å². The molecular formula is C18H22FN. The highest BCUT2D eigenvalue weighted by Gasteiger charge is 2.12. The second-order valence-corrected chi connectivity index (χ2v) is 5.13. The molecule has 2 rings (SSSR count). The summed E-state index contributed by atoms with van der Waals surface area (Å²) in [4.78, 5) is 0. The molecule has 0 radical (unpaired) electrons. The Morgan fingerprint density at radius 2 is 1.75 bits per heavy atom. The summed E-state index contributed by atoms with van der Waals surface area (Å²) < 4.78 is 13.7. The summed E-state index contributed by atoms with van der Waals surface area (Å²) in [6.45, 7) is 2.18. The van der Waals surface area contributed by atoms with Crippen LogP contribution in [0, 0.1) is 5.82 Å². The Morgan fingerprint density at radius 3 is 2.35 bits per heavy atom. The van der Waals surface area contributed by atoms with Crippen molar-refractivity contribution in [1.29, 1.82) is 0 Å². The minimum absolute atomic E-state index is 0.129. The fraction of sp³-hybridized carbons (Fsp3) is 0.333. The van der Waals surface area contributed by atoms with Crippen LogP contribution in [0.25, 0.3) is 0 Å². The number of likely N-dealkylation sites (N-methyl/N-ethyl adjacent to an activating group) is 1. The van der Waals surface area contributed by atoms with Crippen molar-refractivity contribution in [3.8, 4) is 0 Å². The Balaban J connectivity index is 2.13. The normalized spacial score (nSPS) is 12.3. The molecule has 0 saturated heterocycles. The maximum Gasteiger partial charge on any atom is 0.126 e. The van der Waals surface area contributed by atoms with Crippen molar-refractivity contribution in [1.82, 2.24) is 5.32 Å². The summed E-state index contributed by atoms with van der Waals surface area (Å²) >= 11 is 0. The molecule has 20 heavy (non-hydrogen) atoms. The number of nitrogens with one attached hydrogen (secondary N) is 1. The molecule has 1 N–H and O–H groups in total. The van der Waals surface area contributed by atoms with Gasteiger partial charge in [0, 0.05) is 6.04 Å². The number of halogens is 1. The Bertz CT molecular complexity index is 533. The van der Waals surface area contributed by atoms with Crippen LogP contribution in [-0.2, 0) is 12.8 Å². The van der Waals surface area contributed by atoms with Gasteiger partial charge in [-0.1, -0.05) is 55.8 Å². The van der Waals surface area contributed by atoms with E-state index in [1.165, 1.54) is 17.2 Å². The van der Waals surface area contributed by atoms with E-state index >= 15 is 0 Å². The van der Waals surface area contributed by atoms with Crippen LogP contribution in [0.5, 0.6) is 0 Å². The van der Waals surface area contributed by atoms with E-state index in [2.05, 4.69) is 36.5 Å². The van der Waals surface area contributed by atoms with Crippen LogP contribution >= 0.6 is 0 Å². The number of benzene rings is 2. The summed E-state index contributed by atoms with van der Waals surface area (Å²) in [5, 5.41) is 3.28. The van der Waals surface area contributed by atoms with Crippen LogP contribution in [0.4, 0.5) is 4.39 Å². The van der Waals surface area contributed by atoms with Crippen molar-refractivity contribution in [3.05, 3.63) is 71.0 Å². The maximum atomic E-state index is 13.7. The van der Waals surface area contributed by atoms with Gasteiger partial charge in [-0.05, 0) is 42.6 Å². The number of rotatable bonds is 6. The average Bonchev–Trinajstić information content (AvgIpc) is 2.48. The Labute approximate surface area is 120 Å². The molecule has 0 saturated carbocycles. The molecular weight excluding hydrogens is 249 g/mol. The van der Waals surface area contributed by atoms with Crippen molar-refractivity contribution < 1.29 is 4.39 Å². The largest absolute Gasteiger partial charge is 0.313 e. The number of hydrogen-bond donors (Lipinski definition) is 1. The molecule has 0 aliphatic rings. The molecule has 2 aromatic carbocycles. The van der Waals surface area contributed by atoms with Gasteiger partial charge in [-0.15, -0.1) is 0 Å². The first-order chi connectivity index (χ1) is 9.74. The molecule has 0 aromatic heterocycles. The summed E-state index contributed by atoms with van der Waals surface area (Å²) in [5.74, 6) is -0.129. The Hall–Kier alpha value is -1.67. The van der Waals surface area contributed by atoms with Gasteiger partial charge in [-0.2, -0.15) is 0 Å². The monoisotopic (exact) mass is 271 g/mol.